The van der Waals surface area contributed by atoms with Gasteiger partial charge in [-0.05, 0) is 56.4 Å². The average molecular weight is 415 g/mol. The molecule has 0 aliphatic carbocycles. The van der Waals surface area contributed by atoms with Crippen LogP contribution in [0, 0.1) is 13.8 Å². The number of ether oxygens (including phenoxy) is 1. The van der Waals surface area contributed by atoms with Crippen LogP contribution in [0.25, 0.3) is 11.0 Å². The number of rotatable bonds is 7. The fourth-order valence-electron chi connectivity index (χ4n) is 3.74. The number of aryl methyl sites for hydroxylation is 3. The van der Waals surface area contributed by atoms with Gasteiger partial charge in [-0.1, -0.05) is 29.8 Å². The zero-order valence-corrected chi connectivity index (χ0v) is 18.3. The molecule has 6 nitrogen and oxygen atoms in total. The number of amides is 1. The van der Waals surface area contributed by atoms with Crippen molar-refractivity contribution in [3.8, 4) is 5.88 Å². The minimum absolute atomic E-state index is 0.00335. The molecular formula is C22H27ClN4O2. The first kappa shape index (κ1) is 21.1. The number of hydrogen-bond donors (Lipinski definition) is 1. The van der Waals surface area contributed by atoms with Crippen molar-refractivity contribution in [1.82, 2.24) is 20.1 Å². The van der Waals surface area contributed by atoms with Crippen LogP contribution in [0.4, 0.5) is 0 Å². The fourth-order valence-corrected chi connectivity index (χ4v) is 3.95. The van der Waals surface area contributed by atoms with Gasteiger partial charge in [-0.25, -0.2) is 9.67 Å². The first-order chi connectivity index (χ1) is 13.8. The van der Waals surface area contributed by atoms with Gasteiger partial charge in [-0.15, -0.1) is 5.10 Å². The number of hydrogen-bond acceptors (Lipinski definition) is 4. The summed E-state index contributed by atoms with van der Waals surface area (Å²) in [5.74, 6) is 0.577. The molecule has 1 N–H and O–H groups in total. The highest BCUT2D eigenvalue weighted by molar-refractivity contribution is 6.31. The van der Waals surface area contributed by atoms with Crippen LogP contribution in [0.15, 0.2) is 24.3 Å². The molecule has 3 rings (SSSR count). The van der Waals surface area contributed by atoms with Gasteiger partial charge in [0.05, 0.1) is 12.5 Å². The van der Waals surface area contributed by atoms with Crippen LogP contribution in [0.5, 0.6) is 5.88 Å². The van der Waals surface area contributed by atoms with Gasteiger partial charge in [-0.3, -0.25) is 4.79 Å². The van der Waals surface area contributed by atoms with Crippen molar-refractivity contribution in [2.75, 3.05) is 7.11 Å². The summed E-state index contributed by atoms with van der Waals surface area (Å²) >= 11 is 6.22. The molecule has 1 atom stereocenters. The quantitative estimate of drug-likeness (QED) is 0.636. The van der Waals surface area contributed by atoms with Crippen LogP contribution >= 0.6 is 11.6 Å². The van der Waals surface area contributed by atoms with Crippen molar-refractivity contribution in [3.63, 3.8) is 0 Å². The van der Waals surface area contributed by atoms with Gasteiger partial charge in [0.2, 0.25) is 11.8 Å². The summed E-state index contributed by atoms with van der Waals surface area (Å²) in [6.45, 7) is 6.00. The molecule has 0 bridgehead atoms. The Morgan fingerprint density at radius 1 is 1.31 bits per heavy atom. The van der Waals surface area contributed by atoms with E-state index in [-0.39, 0.29) is 11.9 Å². The van der Waals surface area contributed by atoms with Crippen LogP contribution in [-0.4, -0.2) is 33.8 Å². The first-order valence-corrected chi connectivity index (χ1v) is 10.1. The summed E-state index contributed by atoms with van der Waals surface area (Å²) < 4.78 is 7.13. The summed E-state index contributed by atoms with van der Waals surface area (Å²) in [6.07, 6.45) is 1.71. The predicted molar refractivity (Wildman–Crippen MR) is 116 cm³/mol. The summed E-state index contributed by atoms with van der Waals surface area (Å²) in [6, 6.07) is 7.72. The van der Waals surface area contributed by atoms with Crippen LogP contribution in [0.1, 0.15) is 35.7 Å². The van der Waals surface area contributed by atoms with E-state index in [1.807, 2.05) is 52.1 Å². The largest absolute Gasteiger partial charge is 0.479 e. The van der Waals surface area contributed by atoms with Gasteiger partial charge >= 0.3 is 0 Å². The number of carbonyl (C=O) groups excluding carboxylic acids is 1. The van der Waals surface area contributed by atoms with E-state index in [1.165, 1.54) is 0 Å². The maximum Gasteiger partial charge on any atom is 0.242 e. The Kier molecular flexibility index (Phi) is 6.42. The normalized spacial score (nSPS) is 12.2. The number of nitrogens with zero attached hydrogens (tertiary/aromatic N) is 3. The third-order valence-electron chi connectivity index (χ3n) is 5.21. The lowest BCUT2D eigenvalue weighted by molar-refractivity contribution is -0.121. The van der Waals surface area contributed by atoms with Gasteiger partial charge < -0.3 is 10.1 Å². The van der Waals surface area contributed by atoms with Crippen molar-refractivity contribution in [2.24, 2.45) is 7.05 Å². The lowest BCUT2D eigenvalue weighted by atomic mass is 10.00. The molecule has 0 unspecified atom stereocenters. The Hall–Kier alpha value is -2.60. The minimum atomic E-state index is 0.00335. The highest BCUT2D eigenvalue weighted by Crippen LogP contribution is 2.30. The van der Waals surface area contributed by atoms with Gasteiger partial charge in [0.1, 0.15) is 0 Å². The van der Waals surface area contributed by atoms with E-state index in [0.29, 0.717) is 25.1 Å². The van der Waals surface area contributed by atoms with Crippen molar-refractivity contribution in [2.45, 2.75) is 46.1 Å². The number of fused-ring (bicyclic) bond motifs is 1. The second-order valence-corrected chi connectivity index (χ2v) is 7.80. The van der Waals surface area contributed by atoms with Gasteiger partial charge in [0.25, 0.3) is 0 Å². The maximum atomic E-state index is 12.5. The smallest absolute Gasteiger partial charge is 0.242 e. The Morgan fingerprint density at radius 3 is 2.72 bits per heavy atom. The lowest BCUT2D eigenvalue weighted by Crippen LogP contribution is -2.34. The zero-order valence-electron chi connectivity index (χ0n) is 17.5. The minimum Gasteiger partial charge on any atom is -0.479 e. The zero-order chi connectivity index (χ0) is 21.1. The molecule has 0 radical (unpaired) electrons. The first-order valence-electron chi connectivity index (χ1n) is 9.71. The van der Waals surface area contributed by atoms with E-state index in [1.54, 1.807) is 11.8 Å². The molecule has 0 saturated carbocycles. The summed E-state index contributed by atoms with van der Waals surface area (Å²) in [5, 5.41) is 9.08. The summed E-state index contributed by atoms with van der Waals surface area (Å²) in [5.41, 5.74) is 4.87. The number of pyridine rings is 1. The molecule has 154 valence electrons. The Labute approximate surface area is 176 Å². The molecule has 2 aromatic heterocycles. The third-order valence-corrected chi connectivity index (χ3v) is 5.58. The molecule has 7 heteroatoms. The van der Waals surface area contributed by atoms with Crippen LogP contribution in [0.3, 0.4) is 0 Å². The van der Waals surface area contributed by atoms with Crippen molar-refractivity contribution >= 4 is 28.5 Å². The molecule has 0 aliphatic heterocycles. The molecule has 0 saturated heterocycles. The van der Waals surface area contributed by atoms with E-state index in [0.717, 1.165) is 38.4 Å². The van der Waals surface area contributed by atoms with Crippen LogP contribution < -0.4 is 10.1 Å². The van der Waals surface area contributed by atoms with Crippen molar-refractivity contribution < 1.29 is 9.53 Å². The summed E-state index contributed by atoms with van der Waals surface area (Å²) in [4.78, 5) is 17.2. The van der Waals surface area contributed by atoms with E-state index in [2.05, 4.69) is 15.4 Å². The molecule has 1 aromatic carbocycles. The predicted octanol–water partition coefficient (Wildman–Crippen LogP) is 3.93. The molecule has 2 heterocycles. The lowest BCUT2D eigenvalue weighted by Gasteiger charge is -2.16. The van der Waals surface area contributed by atoms with Gasteiger partial charge in [0, 0.05) is 30.2 Å². The van der Waals surface area contributed by atoms with Gasteiger partial charge in [-0.2, -0.15) is 0 Å². The van der Waals surface area contributed by atoms with Gasteiger partial charge in [0.15, 0.2) is 5.65 Å². The Morgan fingerprint density at radius 2 is 2.03 bits per heavy atom. The fraction of sp³-hybridized carbons (Fsp3) is 0.409. The van der Waals surface area contributed by atoms with Crippen molar-refractivity contribution in [3.05, 3.63) is 51.7 Å². The van der Waals surface area contributed by atoms with Crippen LogP contribution in [-0.2, 0) is 24.7 Å². The molecule has 0 spiro atoms. The standard InChI is InChI=1S/C22H27ClN4O2/c1-13(12-16-8-6-7-9-18(16)23)24-19(28)11-10-17-14(2)20-21(25-15(17)3)27(4)26-22(20)29-5/h6-9,13H,10-12H2,1-5H3,(H,24,28)/t13-/m1/s1. The molecule has 1 amide bonds. The highest BCUT2D eigenvalue weighted by atomic mass is 35.5. The van der Waals surface area contributed by atoms with Crippen LogP contribution in [0.2, 0.25) is 5.02 Å². The average Bonchev–Trinajstić information content (AvgIpc) is 2.99. The highest BCUT2D eigenvalue weighted by Gasteiger charge is 2.19. The van der Waals surface area contributed by atoms with E-state index in [9.17, 15) is 4.79 Å². The van der Waals surface area contributed by atoms with E-state index < -0.39 is 0 Å². The number of halogens is 1. The monoisotopic (exact) mass is 414 g/mol. The SMILES string of the molecule is COc1nn(C)c2nc(C)c(CCC(=O)N[C@H](C)Cc3ccccc3Cl)c(C)c12. The number of nitrogens with one attached hydrogen (secondary N) is 1. The third kappa shape index (κ3) is 4.53. The number of benzene rings is 1. The Bertz CT molecular complexity index is 1040. The molecule has 29 heavy (non-hydrogen) atoms. The van der Waals surface area contributed by atoms with E-state index in [4.69, 9.17) is 16.3 Å². The maximum absolute atomic E-state index is 12.5. The number of carbonyl (C=O) groups is 1. The number of methoxy groups -OCH3 is 1. The molecule has 0 aliphatic rings. The number of aromatic nitrogens is 3. The second-order valence-electron chi connectivity index (χ2n) is 7.40. The topological polar surface area (TPSA) is 69.0 Å². The molecular weight excluding hydrogens is 388 g/mol. The molecule has 3 aromatic rings. The Balaban J connectivity index is 1.68. The second kappa shape index (κ2) is 8.82. The molecule has 0 fully saturated rings. The van der Waals surface area contributed by atoms with E-state index >= 15 is 0 Å². The summed E-state index contributed by atoms with van der Waals surface area (Å²) in [7, 11) is 3.46. The van der Waals surface area contributed by atoms with Crippen molar-refractivity contribution in [1.29, 1.82) is 0 Å².